The maximum Gasteiger partial charge on any atom is 0.242 e. The van der Waals surface area contributed by atoms with Crippen LogP contribution in [0.3, 0.4) is 0 Å². The second kappa shape index (κ2) is 5.17. The highest BCUT2D eigenvalue weighted by molar-refractivity contribution is 5.87. The third kappa shape index (κ3) is 2.71. The first-order valence-corrected chi connectivity index (χ1v) is 6.48. The molecule has 0 bridgehead atoms. The summed E-state index contributed by atoms with van der Waals surface area (Å²) in [5, 5.41) is 2.91. The van der Waals surface area contributed by atoms with Crippen molar-refractivity contribution in [2.45, 2.75) is 31.8 Å². The van der Waals surface area contributed by atoms with E-state index in [2.05, 4.69) is 19.2 Å². The van der Waals surface area contributed by atoms with Gasteiger partial charge in [-0.15, -0.1) is 0 Å². The van der Waals surface area contributed by atoms with Crippen LogP contribution in [0.2, 0.25) is 0 Å². The summed E-state index contributed by atoms with van der Waals surface area (Å²) >= 11 is 0. The first-order chi connectivity index (χ1) is 8.95. The van der Waals surface area contributed by atoms with Gasteiger partial charge >= 0.3 is 0 Å². The molecule has 0 saturated carbocycles. The zero-order valence-electron chi connectivity index (χ0n) is 11.3. The van der Waals surface area contributed by atoms with Gasteiger partial charge in [0, 0.05) is 12.2 Å². The number of carbonyl (C=O) groups excluding carboxylic acids is 1. The van der Waals surface area contributed by atoms with Crippen molar-refractivity contribution in [2.75, 3.05) is 18.0 Å². The molecule has 1 amide bonds. The Morgan fingerprint density at radius 2 is 2.05 bits per heavy atom. The van der Waals surface area contributed by atoms with Crippen molar-refractivity contribution >= 4 is 11.6 Å². The number of amides is 1. The number of piperazine rings is 1. The molecule has 104 valence electrons. The first kappa shape index (κ1) is 13.8. The van der Waals surface area contributed by atoms with E-state index in [4.69, 9.17) is 5.73 Å². The molecule has 3 N–H and O–H groups in total. The highest BCUT2D eigenvalue weighted by Gasteiger charge is 2.40. The van der Waals surface area contributed by atoms with Gasteiger partial charge in [0.05, 0.1) is 5.54 Å². The minimum Gasteiger partial charge on any atom is -0.353 e. The Bertz CT molecular complexity index is 458. The van der Waals surface area contributed by atoms with E-state index in [1.807, 2.05) is 4.90 Å². The number of hydrogen-bond acceptors (Lipinski definition) is 3. The van der Waals surface area contributed by atoms with Gasteiger partial charge in [-0.2, -0.15) is 0 Å². The molecule has 1 fully saturated rings. The molecule has 2 rings (SSSR count). The maximum atomic E-state index is 13.1. The summed E-state index contributed by atoms with van der Waals surface area (Å²) in [7, 11) is 0. The number of nitrogens with one attached hydrogen (secondary N) is 1. The van der Waals surface area contributed by atoms with Gasteiger partial charge < -0.3 is 16.0 Å². The van der Waals surface area contributed by atoms with Gasteiger partial charge in [0.15, 0.2) is 0 Å². The molecule has 0 aromatic heterocycles. The fourth-order valence-electron chi connectivity index (χ4n) is 2.59. The van der Waals surface area contributed by atoms with Crippen LogP contribution < -0.4 is 16.0 Å². The summed E-state index contributed by atoms with van der Waals surface area (Å²) in [4.78, 5) is 14.1. The fraction of sp³-hybridized carbons (Fsp3) is 0.500. The number of rotatable bonds is 3. The standard InChI is InChI=1S/C14H20FN3O/c1-14(2)9-17-13(19)12(7-8-16)18(14)11-5-3-10(15)4-6-11/h3-6,12H,7-9,16H2,1-2H3,(H,17,19). The molecule has 0 spiro atoms. The van der Waals surface area contributed by atoms with Crippen molar-refractivity contribution in [2.24, 2.45) is 5.73 Å². The van der Waals surface area contributed by atoms with Gasteiger partial charge in [-0.05, 0) is 51.1 Å². The van der Waals surface area contributed by atoms with Crippen LogP contribution in [0.4, 0.5) is 10.1 Å². The molecule has 4 nitrogen and oxygen atoms in total. The van der Waals surface area contributed by atoms with Crippen molar-refractivity contribution in [1.82, 2.24) is 5.32 Å². The van der Waals surface area contributed by atoms with Crippen LogP contribution in [0.5, 0.6) is 0 Å². The van der Waals surface area contributed by atoms with E-state index in [0.717, 1.165) is 5.69 Å². The van der Waals surface area contributed by atoms with Crippen LogP contribution in [-0.2, 0) is 4.79 Å². The Labute approximate surface area is 112 Å². The maximum absolute atomic E-state index is 13.1. The van der Waals surface area contributed by atoms with Crippen molar-refractivity contribution in [3.63, 3.8) is 0 Å². The van der Waals surface area contributed by atoms with Crippen molar-refractivity contribution in [1.29, 1.82) is 0 Å². The monoisotopic (exact) mass is 265 g/mol. The quantitative estimate of drug-likeness (QED) is 0.865. The van der Waals surface area contributed by atoms with Gasteiger partial charge in [-0.25, -0.2) is 4.39 Å². The summed E-state index contributed by atoms with van der Waals surface area (Å²) in [6, 6.07) is 5.94. The van der Waals surface area contributed by atoms with Gasteiger partial charge in [-0.1, -0.05) is 0 Å². The zero-order valence-corrected chi connectivity index (χ0v) is 11.3. The van der Waals surface area contributed by atoms with E-state index >= 15 is 0 Å². The van der Waals surface area contributed by atoms with Crippen LogP contribution in [-0.4, -0.2) is 30.6 Å². The van der Waals surface area contributed by atoms with E-state index in [-0.39, 0.29) is 23.3 Å². The third-order valence-corrected chi connectivity index (χ3v) is 3.51. The third-order valence-electron chi connectivity index (χ3n) is 3.51. The Morgan fingerprint density at radius 1 is 1.42 bits per heavy atom. The first-order valence-electron chi connectivity index (χ1n) is 6.48. The SMILES string of the molecule is CC1(C)CNC(=O)C(CCN)N1c1ccc(F)cc1. The molecule has 0 aliphatic carbocycles. The molecule has 1 heterocycles. The van der Waals surface area contributed by atoms with Crippen LogP contribution in [0.25, 0.3) is 0 Å². The predicted octanol–water partition coefficient (Wildman–Crippen LogP) is 1.26. The smallest absolute Gasteiger partial charge is 0.242 e. The second-order valence-electron chi connectivity index (χ2n) is 5.47. The van der Waals surface area contributed by atoms with Gasteiger partial charge in [0.25, 0.3) is 0 Å². The molecular formula is C14H20FN3O. The molecule has 1 saturated heterocycles. The highest BCUT2D eigenvalue weighted by atomic mass is 19.1. The molecule has 1 aliphatic rings. The lowest BCUT2D eigenvalue weighted by molar-refractivity contribution is -0.124. The number of carbonyl (C=O) groups is 1. The number of benzene rings is 1. The topological polar surface area (TPSA) is 58.4 Å². The van der Waals surface area contributed by atoms with Crippen molar-refractivity contribution in [3.8, 4) is 0 Å². The minimum atomic E-state index is -0.306. The Balaban J connectivity index is 2.39. The van der Waals surface area contributed by atoms with Crippen LogP contribution in [0.15, 0.2) is 24.3 Å². The number of halogens is 1. The molecule has 1 atom stereocenters. The van der Waals surface area contributed by atoms with Gasteiger partial charge in [-0.3, -0.25) is 4.79 Å². The van der Waals surface area contributed by atoms with Crippen molar-refractivity contribution < 1.29 is 9.18 Å². The van der Waals surface area contributed by atoms with Crippen LogP contribution in [0.1, 0.15) is 20.3 Å². The molecule has 1 aliphatic heterocycles. The lowest BCUT2D eigenvalue weighted by Gasteiger charge is -2.48. The molecule has 0 radical (unpaired) electrons. The van der Waals surface area contributed by atoms with Crippen molar-refractivity contribution in [3.05, 3.63) is 30.1 Å². The Morgan fingerprint density at radius 3 is 2.63 bits per heavy atom. The van der Waals surface area contributed by atoms with E-state index in [0.29, 0.717) is 19.5 Å². The summed E-state index contributed by atoms with van der Waals surface area (Å²) < 4.78 is 13.1. The average Bonchev–Trinajstić information content (AvgIpc) is 2.36. The summed E-state index contributed by atoms with van der Waals surface area (Å²) in [5.74, 6) is -0.299. The lowest BCUT2D eigenvalue weighted by Crippen LogP contribution is -2.66. The molecule has 1 aromatic rings. The molecule has 1 unspecified atom stereocenters. The normalized spacial score (nSPS) is 22.2. The predicted molar refractivity (Wildman–Crippen MR) is 73.4 cm³/mol. The van der Waals surface area contributed by atoms with Crippen LogP contribution in [0, 0.1) is 5.82 Å². The largest absolute Gasteiger partial charge is 0.353 e. The molecule has 1 aromatic carbocycles. The van der Waals surface area contributed by atoms with Crippen LogP contribution >= 0.6 is 0 Å². The Hall–Kier alpha value is -1.62. The van der Waals surface area contributed by atoms with Gasteiger partial charge in [0.1, 0.15) is 11.9 Å². The Kier molecular flexibility index (Phi) is 3.75. The van der Waals surface area contributed by atoms with E-state index in [9.17, 15) is 9.18 Å². The lowest BCUT2D eigenvalue weighted by atomic mass is 9.93. The summed E-state index contributed by atoms with van der Waals surface area (Å²) in [5.41, 5.74) is 6.22. The fourth-order valence-corrected chi connectivity index (χ4v) is 2.59. The van der Waals surface area contributed by atoms with E-state index in [1.165, 1.54) is 12.1 Å². The van der Waals surface area contributed by atoms with E-state index in [1.54, 1.807) is 12.1 Å². The number of hydrogen-bond donors (Lipinski definition) is 2. The summed E-state index contributed by atoms with van der Waals surface area (Å²) in [6.07, 6.45) is 0.576. The number of nitrogens with zero attached hydrogens (tertiary/aromatic N) is 1. The molecular weight excluding hydrogens is 245 g/mol. The number of nitrogens with two attached hydrogens (primary N) is 1. The number of anilines is 1. The minimum absolute atomic E-state index is 0.0194. The molecule has 5 heteroatoms. The molecule has 19 heavy (non-hydrogen) atoms. The van der Waals surface area contributed by atoms with E-state index < -0.39 is 0 Å². The second-order valence-corrected chi connectivity index (χ2v) is 5.47. The average molecular weight is 265 g/mol. The van der Waals surface area contributed by atoms with Gasteiger partial charge in [0.2, 0.25) is 5.91 Å². The highest BCUT2D eigenvalue weighted by Crippen LogP contribution is 2.30. The summed E-state index contributed by atoms with van der Waals surface area (Å²) in [6.45, 7) is 5.11. The zero-order chi connectivity index (χ0) is 14.0.